The fourth-order valence-electron chi connectivity index (χ4n) is 3.02. The third-order valence-corrected chi connectivity index (χ3v) is 4.45. The highest BCUT2D eigenvalue weighted by Crippen LogP contribution is 2.22. The molecule has 0 radical (unpaired) electrons. The van der Waals surface area contributed by atoms with Gasteiger partial charge in [-0.3, -0.25) is 4.79 Å². The Morgan fingerprint density at radius 1 is 1.04 bits per heavy atom. The summed E-state index contributed by atoms with van der Waals surface area (Å²) in [6, 6.07) is 11.8. The molecule has 0 aromatic heterocycles. The van der Waals surface area contributed by atoms with Crippen molar-refractivity contribution in [1.82, 2.24) is 4.90 Å². The number of hydrogen-bond acceptors (Lipinski definition) is 4. The Kier molecular flexibility index (Phi) is 5.87. The van der Waals surface area contributed by atoms with Crippen molar-refractivity contribution < 1.29 is 18.3 Å². The number of halogens is 2. The van der Waals surface area contributed by atoms with Gasteiger partial charge >= 0.3 is 0 Å². The zero-order chi connectivity index (χ0) is 19.2. The van der Waals surface area contributed by atoms with Gasteiger partial charge in [0, 0.05) is 26.2 Å². The second-order valence-electron chi connectivity index (χ2n) is 6.19. The molecule has 0 saturated carbocycles. The predicted octanol–water partition coefficient (Wildman–Crippen LogP) is 2.95. The number of carbonyl (C=O) groups excluding carboxylic acids is 1. The lowest BCUT2D eigenvalue weighted by Gasteiger charge is -2.36. The van der Waals surface area contributed by atoms with Gasteiger partial charge in [-0.2, -0.15) is 5.26 Å². The molecule has 1 aliphatic heterocycles. The molecule has 27 heavy (non-hydrogen) atoms. The van der Waals surface area contributed by atoms with Gasteiger partial charge in [0.05, 0.1) is 24.3 Å². The average molecular weight is 371 g/mol. The fraction of sp³-hybridized carbons (Fsp3) is 0.300. The van der Waals surface area contributed by atoms with Crippen LogP contribution in [0, 0.1) is 23.0 Å². The van der Waals surface area contributed by atoms with Gasteiger partial charge in [-0.1, -0.05) is 0 Å². The van der Waals surface area contributed by atoms with Crippen molar-refractivity contribution in [1.29, 1.82) is 5.26 Å². The van der Waals surface area contributed by atoms with Crippen molar-refractivity contribution in [2.45, 2.75) is 6.42 Å². The molecule has 0 bridgehead atoms. The van der Waals surface area contributed by atoms with Crippen molar-refractivity contribution in [3.05, 3.63) is 59.7 Å². The Hall–Kier alpha value is -3.14. The molecular formula is C20H19F2N3O2. The van der Waals surface area contributed by atoms with Crippen LogP contribution in [0.2, 0.25) is 0 Å². The Balaban J connectivity index is 1.48. The van der Waals surface area contributed by atoms with Crippen LogP contribution in [0.5, 0.6) is 5.75 Å². The average Bonchev–Trinajstić information content (AvgIpc) is 2.69. The molecule has 3 rings (SSSR count). The second-order valence-corrected chi connectivity index (χ2v) is 6.19. The predicted molar refractivity (Wildman–Crippen MR) is 96.4 cm³/mol. The minimum Gasteiger partial charge on any atom is -0.493 e. The molecule has 2 aromatic carbocycles. The Bertz CT molecular complexity index is 841. The number of anilines is 1. The molecule has 0 atom stereocenters. The van der Waals surface area contributed by atoms with Crippen LogP contribution in [-0.4, -0.2) is 43.6 Å². The van der Waals surface area contributed by atoms with Gasteiger partial charge in [0.1, 0.15) is 23.5 Å². The first-order valence-electron chi connectivity index (χ1n) is 8.67. The molecule has 5 nitrogen and oxygen atoms in total. The fourth-order valence-corrected chi connectivity index (χ4v) is 3.02. The number of benzene rings is 2. The standard InChI is InChI=1S/C20H19F2N3O2/c21-16-1-4-18(5-2-16)27-12-7-20(26)25-10-8-24(9-11-25)19-6-3-17(22)13-15(19)14-23/h1-6,13H,7-12H2. The van der Waals surface area contributed by atoms with Crippen molar-refractivity contribution in [3.63, 3.8) is 0 Å². The van der Waals surface area contributed by atoms with Crippen molar-refractivity contribution in [2.24, 2.45) is 0 Å². The van der Waals surface area contributed by atoms with E-state index in [2.05, 4.69) is 0 Å². The van der Waals surface area contributed by atoms with Crippen LogP contribution in [0.25, 0.3) is 0 Å². The van der Waals surface area contributed by atoms with Gasteiger partial charge in [0.25, 0.3) is 0 Å². The quantitative estimate of drug-likeness (QED) is 0.811. The number of piperazine rings is 1. The number of hydrogen-bond donors (Lipinski definition) is 0. The summed E-state index contributed by atoms with van der Waals surface area (Å²) in [6.07, 6.45) is 0.234. The van der Waals surface area contributed by atoms with Crippen LogP contribution < -0.4 is 9.64 Å². The number of nitriles is 1. The summed E-state index contributed by atoms with van der Waals surface area (Å²) in [5, 5.41) is 9.18. The lowest BCUT2D eigenvalue weighted by Crippen LogP contribution is -2.49. The Labute approximate surface area is 156 Å². The van der Waals surface area contributed by atoms with E-state index in [1.54, 1.807) is 11.0 Å². The zero-order valence-electron chi connectivity index (χ0n) is 14.7. The van der Waals surface area contributed by atoms with Gasteiger partial charge in [-0.15, -0.1) is 0 Å². The van der Waals surface area contributed by atoms with Gasteiger partial charge in [-0.05, 0) is 42.5 Å². The monoisotopic (exact) mass is 371 g/mol. The number of amides is 1. The van der Waals surface area contributed by atoms with Gasteiger partial charge in [0.15, 0.2) is 0 Å². The molecule has 140 valence electrons. The molecule has 1 aliphatic rings. The largest absolute Gasteiger partial charge is 0.493 e. The van der Waals surface area contributed by atoms with Crippen molar-refractivity contribution in [3.8, 4) is 11.8 Å². The smallest absolute Gasteiger partial charge is 0.226 e. The maximum absolute atomic E-state index is 13.3. The summed E-state index contributed by atoms with van der Waals surface area (Å²) in [7, 11) is 0. The SMILES string of the molecule is N#Cc1cc(F)ccc1N1CCN(C(=O)CCOc2ccc(F)cc2)CC1. The van der Waals surface area contributed by atoms with Crippen molar-refractivity contribution >= 4 is 11.6 Å². The summed E-state index contributed by atoms with van der Waals surface area (Å²) in [4.78, 5) is 16.1. The van der Waals surface area contributed by atoms with Gasteiger partial charge < -0.3 is 14.5 Å². The summed E-state index contributed by atoms with van der Waals surface area (Å²) in [6.45, 7) is 2.42. The summed E-state index contributed by atoms with van der Waals surface area (Å²) < 4.78 is 31.6. The highest BCUT2D eigenvalue weighted by atomic mass is 19.1. The van der Waals surface area contributed by atoms with E-state index in [1.165, 1.54) is 36.4 Å². The highest BCUT2D eigenvalue weighted by molar-refractivity contribution is 5.76. The number of rotatable bonds is 5. The van der Waals surface area contributed by atoms with Crippen LogP contribution in [0.4, 0.5) is 14.5 Å². The number of ether oxygens (including phenoxy) is 1. The first-order chi connectivity index (χ1) is 13.1. The Morgan fingerprint density at radius 2 is 1.70 bits per heavy atom. The van der Waals surface area contributed by atoms with E-state index in [-0.39, 0.29) is 24.8 Å². The Morgan fingerprint density at radius 3 is 2.37 bits per heavy atom. The van der Waals surface area contributed by atoms with Crippen LogP contribution in [0.15, 0.2) is 42.5 Å². The summed E-state index contributed by atoms with van der Waals surface area (Å²) in [5.74, 6) is -0.270. The summed E-state index contributed by atoms with van der Waals surface area (Å²) in [5.41, 5.74) is 0.980. The highest BCUT2D eigenvalue weighted by Gasteiger charge is 2.22. The van der Waals surface area contributed by atoms with Crippen LogP contribution in [0.3, 0.4) is 0 Å². The van der Waals surface area contributed by atoms with E-state index < -0.39 is 5.82 Å². The molecule has 7 heteroatoms. The maximum atomic E-state index is 13.3. The molecule has 0 unspecified atom stereocenters. The topological polar surface area (TPSA) is 56.6 Å². The summed E-state index contributed by atoms with van der Waals surface area (Å²) >= 11 is 0. The minimum absolute atomic E-state index is 0.0172. The lowest BCUT2D eigenvalue weighted by atomic mass is 10.1. The molecule has 0 aliphatic carbocycles. The number of nitrogens with zero attached hydrogens (tertiary/aromatic N) is 3. The van der Waals surface area contributed by atoms with Crippen LogP contribution in [-0.2, 0) is 4.79 Å². The first-order valence-corrected chi connectivity index (χ1v) is 8.67. The normalized spacial score (nSPS) is 14.0. The van der Waals surface area contributed by atoms with E-state index in [0.29, 0.717) is 43.2 Å². The van der Waals surface area contributed by atoms with Gasteiger partial charge in [0.2, 0.25) is 5.91 Å². The van der Waals surface area contributed by atoms with E-state index in [9.17, 15) is 18.8 Å². The third kappa shape index (κ3) is 4.73. The second kappa shape index (κ2) is 8.49. The molecule has 0 N–H and O–H groups in total. The van der Waals surface area contributed by atoms with E-state index in [0.717, 1.165) is 0 Å². The van der Waals surface area contributed by atoms with Crippen LogP contribution >= 0.6 is 0 Å². The molecule has 1 fully saturated rings. The van der Waals surface area contributed by atoms with Crippen molar-refractivity contribution in [2.75, 3.05) is 37.7 Å². The molecule has 2 aromatic rings. The first kappa shape index (κ1) is 18.6. The molecule has 1 saturated heterocycles. The van der Waals surface area contributed by atoms with E-state index >= 15 is 0 Å². The molecule has 1 amide bonds. The minimum atomic E-state index is -0.440. The molecular weight excluding hydrogens is 352 g/mol. The zero-order valence-corrected chi connectivity index (χ0v) is 14.7. The maximum Gasteiger partial charge on any atom is 0.226 e. The number of carbonyl (C=O) groups is 1. The van der Waals surface area contributed by atoms with E-state index in [1.807, 2.05) is 11.0 Å². The lowest BCUT2D eigenvalue weighted by molar-refractivity contribution is -0.132. The molecule has 0 spiro atoms. The third-order valence-electron chi connectivity index (χ3n) is 4.45. The van der Waals surface area contributed by atoms with Crippen LogP contribution in [0.1, 0.15) is 12.0 Å². The van der Waals surface area contributed by atoms with Gasteiger partial charge in [-0.25, -0.2) is 8.78 Å². The van der Waals surface area contributed by atoms with E-state index in [4.69, 9.17) is 4.74 Å². The molecule has 1 heterocycles.